The molecule has 162 valence electrons. The lowest BCUT2D eigenvalue weighted by molar-refractivity contribution is -0.137. The molecule has 0 saturated carbocycles. The van der Waals surface area contributed by atoms with Gasteiger partial charge in [-0.25, -0.2) is 12.8 Å². The highest BCUT2D eigenvalue weighted by Crippen LogP contribution is 2.36. The van der Waals surface area contributed by atoms with Crippen LogP contribution >= 0.6 is 11.6 Å². The van der Waals surface area contributed by atoms with E-state index < -0.39 is 37.5 Å². The number of anilines is 1. The summed E-state index contributed by atoms with van der Waals surface area (Å²) in [6.07, 6.45) is -4.79. The number of ketones is 1. The van der Waals surface area contributed by atoms with E-state index in [0.29, 0.717) is 6.07 Å². The Hall–Kier alpha value is -2.17. The van der Waals surface area contributed by atoms with Gasteiger partial charge in [-0.15, -0.1) is 0 Å². The highest BCUT2D eigenvalue weighted by molar-refractivity contribution is 7.89. The molecule has 1 saturated heterocycles. The quantitative estimate of drug-likeness (QED) is 0.502. The second-order valence-corrected chi connectivity index (χ2v) is 9.10. The highest BCUT2D eigenvalue weighted by atomic mass is 35.5. The molecule has 0 aliphatic carbocycles. The predicted octanol–water partition coefficient (Wildman–Crippen LogP) is 4.21. The summed E-state index contributed by atoms with van der Waals surface area (Å²) in [5.41, 5.74) is -0.778. The molecule has 3 rings (SSSR count). The first-order valence-corrected chi connectivity index (χ1v) is 10.7. The molecule has 1 fully saturated rings. The van der Waals surface area contributed by atoms with Crippen molar-refractivity contribution in [3.8, 4) is 0 Å². The first-order valence-electron chi connectivity index (χ1n) is 8.83. The molecular weight excluding hydrogens is 448 g/mol. The Balaban J connectivity index is 1.78. The van der Waals surface area contributed by atoms with Crippen LogP contribution in [0.15, 0.2) is 41.3 Å². The molecule has 0 N–H and O–H groups in total. The van der Waals surface area contributed by atoms with Crippen molar-refractivity contribution in [3.05, 3.63) is 58.4 Å². The van der Waals surface area contributed by atoms with Gasteiger partial charge in [-0.1, -0.05) is 11.6 Å². The molecule has 0 amide bonds. The van der Waals surface area contributed by atoms with Gasteiger partial charge in [0.2, 0.25) is 10.0 Å². The average Bonchev–Trinajstić information content (AvgIpc) is 2.67. The Morgan fingerprint density at radius 2 is 1.67 bits per heavy atom. The maximum Gasteiger partial charge on any atom is 0.417 e. The van der Waals surface area contributed by atoms with E-state index in [0.717, 1.165) is 22.5 Å². The minimum atomic E-state index is -4.79. The Bertz CT molecular complexity index is 1080. The summed E-state index contributed by atoms with van der Waals surface area (Å²) in [6.45, 7) is 1.50. The summed E-state index contributed by atoms with van der Waals surface area (Å²) in [7, 11) is -4.19. The summed E-state index contributed by atoms with van der Waals surface area (Å²) < 4.78 is 80.2. The topological polar surface area (TPSA) is 57.7 Å². The van der Waals surface area contributed by atoms with Gasteiger partial charge in [0.15, 0.2) is 5.78 Å². The van der Waals surface area contributed by atoms with Gasteiger partial charge in [0.1, 0.15) is 5.82 Å². The Labute approximate surface area is 175 Å². The van der Waals surface area contributed by atoms with E-state index in [1.165, 1.54) is 19.1 Å². The van der Waals surface area contributed by atoms with Gasteiger partial charge in [-0.05, 0) is 43.3 Å². The van der Waals surface area contributed by atoms with Crippen LogP contribution in [0.4, 0.5) is 23.2 Å². The molecule has 1 heterocycles. The normalized spacial score (nSPS) is 16.0. The molecule has 0 aromatic heterocycles. The molecular formula is C19H17ClF4N2O3S. The van der Waals surface area contributed by atoms with Crippen LogP contribution in [0.1, 0.15) is 22.8 Å². The Morgan fingerprint density at radius 1 is 1.03 bits per heavy atom. The minimum absolute atomic E-state index is 0.0415. The van der Waals surface area contributed by atoms with Crippen LogP contribution in [0.3, 0.4) is 0 Å². The fourth-order valence-electron chi connectivity index (χ4n) is 3.18. The number of nitrogens with zero attached hydrogens (tertiary/aromatic N) is 2. The molecule has 30 heavy (non-hydrogen) atoms. The zero-order valence-electron chi connectivity index (χ0n) is 15.7. The lowest BCUT2D eigenvalue weighted by Crippen LogP contribution is -2.49. The molecule has 2 aromatic rings. The van der Waals surface area contributed by atoms with Gasteiger partial charge >= 0.3 is 6.18 Å². The standard InChI is InChI=1S/C19H17ClF4N2O3S/c1-12(27)13-2-5-18(17(21)10-13)25-6-8-26(9-7-25)30(28,29)14-3-4-16(20)15(11-14)19(22,23)24/h2-5,10-11H,6-9H2,1H3. The monoisotopic (exact) mass is 464 g/mol. The van der Waals surface area contributed by atoms with E-state index in [1.54, 1.807) is 4.90 Å². The van der Waals surface area contributed by atoms with Crippen LogP contribution in [-0.4, -0.2) is 44.7 Å². The van der Waals surface area contributed by atoms with Gasteiger partial charge in [-0.2, -0.15) is 17.5 Å². The number of sulfonamides is 1. The number of rotatable bonds is 4. The second-order valence-electron chi connectivity index (χ2n) is 6.75. The first kappa shape index (κ1) is 22.5. The minimum Gasteiger partial charge on any atom is -0.367 e. The van der Waals surface area contributed by atoms with Gasteiger partial charge in [0, 0.05) is 31.7 Å². The van der Waals surface area contributed by atoms with E-state index in [2.05, 4.69) is 0 Å². The first-order chi connectivity index (χ1) is 13.9. The van der Waals surface area contributed by atoms with E-state index in [1.807, 2.05) is 0 Å². The van der Waals surface area contributed by atoms with Crippen molar-refractivity contribution in [2.24, 2.45) is 0 Å². The van der Waals surface area contributed by atoms with Crippen LogP contribution in [0.25, 0.3) is 0 Å². The number of hydrogen-bond acceptors (Lipinski definition) is 4. The molecule has 0 bridgehead atoms. The number of carbonyl (C=O) groups is 1. The number of benzene rings is 2. The van der Waals surface area contributed by atoms with Crippen LogP contribution in [0, 0.1) is 5.82 Å². The van der Waals surface area contributed by atoms with Crippen molar-refractivity contribution in [3.63, 3.8) is 0 Å². The van der Waals surface area contributed by atoms with Crippen molar-refractivity contribution in [2.75, 3.05) is 31.1 Å². The fourth-order valence-corrected chi connectivity index (χ4v) is 4.86. The van der Waals surface area contributed by atoms with Crippen LogP contribution < -0.4 is 4.90 Å². The highest BCUT2D eigenvalue weighted by Gasteiger charge is 2.36. The predicted molar refractivity (Wildman–Crippen MR) is 104 cm³/mol. The van der Waals surface area contributed by atoms with Crippen LogP contribution in [0.5, 0.6) is 0 Å². The van der Waals surface area contributed by atoms with E-state index >= 15 is 0 Å². The van der Waals surface area contributed by atoms with E-state index in [4.69, 9.17) is 11.6 Å². The lowest BCUT2D eigenvalue weighted by atomic mass is 10.1. The lowest BCUT2D eigenvalue weighted by Gasteiger charge is -2.35. The summed E-state index contributed by atoms with van der Waals surface area (Å²) >= 11 is 5.56. The summed E-state index contributed by atoms with van der Waals surface area (Å²) in [5.74, 6) is -0.885. The second kappa shape index (κ2) is 8.16. The average molecular weight is 465 g/mol. The van der Waals surface area contributed by atoms with Gasteiger partial charge in [-0.3, -0.25) is 4.79 Å². The molecule has 0 spiro atoms. The maximum absolute atomic E-state index is 14.3. The molecule has 5 nitrogen and oxygen atoms in total. The SMILES string of the molecule is CC(=O)c1ccc(N2CCN(S(=O)(=O)c3ccc(Cl)c(C(F)(F)F)c3)CC2)c(F)c1. The molecule has 11 heteroatoms. The third kappa shape index (κ3) is 4.45. The van der Waals surface area contributed by atoms with Crippen molar-refractivity contribution < 1.29 is 30.8 Å². The molecule has 2 aromatic carbocycles. The Kier molecular flexibility index (Phi) is 6.13. The molecule has 1 aliphatic rings. The molecule has 1 aliphatic heterocycles. The molecule has 0 unspecified atom stereocenters. The Morgan fingerprint density at radius 3 is 2.20 bits per heavy atom. The van der Waals surface area contributed by atoms with Gasteiger partial charge < -0.3 is 4.90 Å². The zero-order chi connectivity index (χ0) is 22.3. The van der Waals surface area contributed by atoms with Crippen molar-refractivity contribution in [1.29, 1.82) is 0 Å². The molecule has 0 radical (unpaired) electrons. The summed E-state index contributed by atoms with van der Waals surface area (Å²) in [4.78, 5) is 12.5. The van der Waals surface area contributed by atoms with Gasteiger partial charge in [0.25, 0.3) is 0 Å². The van der Waals surface area contributed by atoms with Crippen molar-refractivity contribution in [2.45, 2.75) is 18.0 Å². The number of carbonyl (C=O) groups excluding carboxylic acids is 1. The number of halogens is 5. The maximum atomic E-state index is 14.3. The number of Topliss-reactive ketones (excluding diaryl/α,β-unsaturated/α-hetero) is 1. The summed E-state index contributed by atoms with van der Waals surface area (Å²) in [5, 5.41) is -0.587. The number of alkyl halides is 3. The van der Waals surface area contributed by atoms with Crippen molar-refractivity contribution in [1.82, 2.24) is 4.31 Å². The zero-order valence-corrected chi connectivity index (χ0v) is 17.3. The van der Waals surface area contributed by atoms with E-state index in [-0.39, 0.29) is 43.2 Å². The van der Waals surface area contributed by atoms with Crippen LogP contribution in [0.2, 0.25) is 5.02 Å². The number of hydrogen-bond donors (Lipinski definition) is 0. The third-order valence-corrected chi connectivity index (χ3v) is 7.04. The number of piperazine rings is 1. The van der Waals surface area contributed by atoms with Crippen molar-refractivity contribution >= 4 is 33.1 Å². The fraction of sp³-hybridized carbons (Fsp3) is 0.316. The summed E-state index contributed by atoms with van der Waals surface area (Å²) in [6, 6.07) is 6.50. The third-order valence-electron chi connectivity index (χ3n) is 4.81. The van der Waals surface area contributed by atoms with Crippen LogP contribution in [-0.2, 0) is 16.2 Å². The van der Waals surface area contributed by atoms with E-state index in [9.17, 15) is 30.8 Å². The van der Waals surface area contributed by atoms with Gasteiger partial charge in [0.05, 0.1) is 21.2 Å². The largest absolute Gasteiger partial charge is 0.417 e. The molecule has 0 atom stereocenters. The smallest absolute Gasteiger partial charge is 0.367 e.